The third-order valence-electron chi connectivity index (χ3n) is 5.42. The maximum Gasteiger partial charge on any atom is 0.496 e. The molecule has 28 heavy (non-hydrogen) atoms. The van der Waals surface area contributed by atoms with Gasteiger partial charge in [-0.05, 0) is 44.4 Å². The van der Waals surface area contributed by atoms with Crippen molar-refractivity contribution in [3.63, 3.8) is 0 Å². The number of pyridine rings is 1. The van der Waals surface area contributed by atoms with Crippen LogP contribution in [0.25, 0.3) is 21.9 Å². The number of aromatic nitrogens is 2. The van der Waals surface area contributed by atoms with Gasteiger partial charge in [0.1, 0.15) is 11.2 Å². The molecule has 4 heteroatoms. The summed E-state index contributed by atoms with van der Waals surface area (Å²) in [5, 5.41) is 2.43. The molecule has 0 saturated carbocycles. The van der Waals surface area contributed by atoms with Crippen molar-refractivity contribution in [3.05, 3.63) is 60.8 Å². The van der Waals surface area contributed by atoms with E-state index >= 15 is 0 Å². The summed E-state index contributed by atoms with van der Waals surface area (Å²) in [5.74, 6) is 0. The van der Waals surface area contributed by atoms with Crippen molar-refractivity contribution in [2.24, 2.45) is 0 Å². The molecule has 0 fully saturated rings. The Hall–Kier alpha value is -3.23. The highest BCUT2D eigenvalue weighted by Gasteiger charge is 2.37. The van der Waals surface area contributed by atoms with E-state index in [1.165, 1.54) is 22.0 Å². The second-order valence-electron chi connectivity index (χ2n) is 7.90. The van der Waals surface area contributed by atoms with Crippen molar-refractivity contribution in [2.75, 3.05) is 0 Å². The van der Waals surface area contributed by atoms with Crippen molar-refractivity contribution in [3.8, 4) is 0 Å². The zero-order chi connectivity index (χ0) is 19.4. The molecular formula is C24H24N4+2. The lowest BCUT2D eigenvalue weighted by Crippen LogP contribution is -2.12. The van der Waals surface area contributed by atoms with Gasteiger partial charge in [-0.25, -0.2) is 4.98 Å². The Balaban J connectivity index is 1.93. The van der Waals surface area contributed by atoms with Crippen LogP contribution in [0.15, 0.2) is 60.8 Å². The van der Waals surface area contributed by atoms with Gasteiger partial charge < -0.3 is 4.57 Å². The molecule has 0 amide bonds. The van der Waals surface area contributed by atoms with E-state index in [1.54, 1.807) is 0 Å². The average molecular weight is 368 g/mol. The molecule has 0 bridgehead atoms. The molecule has 0 aliphatic carbocycles. The fourth-order valence-corrected chi connectivity index (χ4v) is 4.24. The van der Waals surface area contributed by atoms with Gasteiger partial charge >= 0.3 is 6.01 Å². The number of fused-ring (bicyclic) bond motifs is 4. The number of para-hydroxylation sites is 3. The molecule has 0 unspecified atom stereocenters. The molecule has 2 aromatic carbocycles. The molecule has 1 aliphatic rings. The van der Waals surface area contributed by atoms with Crippen LogP contribution in [-0.2, 0) is 0 Å². The number of benzene rings is 2. The molecule has 0 spiro atoms. The standard InChI is InChI=1S/C24H24N4/c1-16(2)26-15-27(21-12-6-5-11-20(21)26)22-13-7-9-18-19-10-8-14-25-24(19)28(17(3)4)23(18)22/h5-14,16-17H,1-4H3/q+2. The zero-order valence-corrected chi connectivity index (χ0v) is 16.7. The molecule has 0 saturated heterocycles. The van der Waals surface area contributed by atoms with Crippen molar-refractivity contribution >= 4 is 45.0 Å². The van der Waals surface area contributed by atoms with E-state index in [1.807, 2.05) is 12.3 Å². The summed E-state index contributed by atoms with van der Waals surface area (Å²) in [4.78, 5) is 4.71. The maximum atomic E-state index is 4.71. The second kappa shape index (κ2) is 6.15. The first kappa shape index (κ1) is 16.9. The van der Waals surface area contributed by atoms with Crippen LogP contribution in [0.5, 0.6) is 0 Å². The summed E-state index contributed by atoms with van der Waals surface area (Å²) < 4.78 is 6.77. The molecular weight excluding hydrogens is 344 g/mol. The minimum absolute atomic E-state index is 0.301. The number of rotatable bonds is 3. The van der Waals surface area contributed by atoms with Gasteiger partial charge in [0.15, 0.2) is 6.04 Å². The molecule has 138 valence electrons. The van der Waals surface area contributed by atoms with Crippen LogP contribution in [0.1, 0.15) is 33.7 Å². The fourth-order valence-electron chi connectivity index (χ4n) is 4.24. The smallest absolute Gasteiger partial charge is 0.317 e. The molecule has 4 aromatic rings. The highest BCUT2D eigenvalue weighted by atomic mass is 15.2. The normalized spacial score (nSPS) is 13.5. The summed E-state index contributed by atoms with van der Waals surface area (Å²) in [5.41, 5.74) is 5.74. The summed E-state index contributed by atoms with van der Waals surface area (Å²) in [6.07, 6.45) is 1.88. The lowest BCUT2D eigenvalue weighted by atomic mass is 10.1. The van der Waals surface area contributed by atoms with Crippen LogP contribution in [0.2, 0.25) is 0 Å². The third-order valence-corrected chi connectivity index (χ3v) is 5.42. The Bertz CT molecular complexity index is 1300. The van der Waals surface area contributed by atoms with E-state index in [-0.39, 0.29) is 0 Å². The van der Waals surface area contributed by atoms with Gasteiger partial charge in [-0.1, -0.05) is 28.8 Å². The van der Waals surface area contributed by atoms with Gasteiger partial charge in [0.25, 0.3) is 17.1 Å². The molecule has 4 nitrogen and oxygen atoms in total. The van der Waals surface area contributed by atoms with E-state index < -0.39 is 0 Å². The molecule has 0 atom stereocenters. The summed E-state index contributed by atoms with van der Waals surface area (Å²) in [7, 11) is 0. The van der Waals surface area contributed by atoms with Crippen molar-refractivity contribution in [2.45, 2.75) is 39.8 Å². The van der Waals surface area contributed by atoms with Crippen LogP contribution < -0.4 is 4.58 Å². The SMILES string of the molecule is CC(C)n1c2ncccc2c2cccc([N+]3=C=[N+](C(C)C)c4ccccc43)c21. The van der Waals surface area contributed by atoms with E-state index in [0.29, 0.717) is 12.1 Å². The highest BCUT2D eigenvalue weighted by Crippen LogP contribution is 2.40. The lowest BCUT2D eigenvalue weighted by Gasteiger charge is -2.10. The Morgan fingerprint density at radius 3 is 2.29 bits per heavy atom. The molecule has 0 radical (unpaired) electrons. The molecule has 0 N–H and O–H groups in total. The monoisotopic (exact) mass is 368 g/mol. The summed E-state index contributed by atoms with van der Waals surface area (Å²) in [6.45, 7) is 8.83. The van der Waals surface area contributed by atoms with Gasteiger partial charge in [-0.2, -0.15) is 0 Å². The molecule has 5 rings (SSSR count). The van der Waals surface area contributed by atoms with Gasteiger partial charge in [0.2, 0.25) is 0 Å². The topological polar surface area (TPSA) is 23.8 Å². The predicted octanol–water partition coefficient (Wildman–Crippen LogP) is 5.85. The summed E-state index contributed by atoms with van der Waals surface area (Å²) >= 11 is 0. The van der Waals surface area contributed by atoms with E-state index in [2.05, 4.69) is 96.0 Å². The van der Waals surface area contributed by atoms with Crippen molar-refractivity contribution in [1.82, 2.24) is 14.1 Å². The average Bonchev–Trinajstić information content (AvgIpc) is 3.24. The van der Waals surface area contributed by atoms with Gasteiger partial charge in [-0.3, -0.25) is 0 Å². The Kier molecular flexibility index (Phi) is 3.71. The maximum absolute atomic E-state index is 4.71. The van der Waals surface area contributed by atoms with Gasteiger partial charge in [-0.15, -0.1) is 0 Å². The van der Waals surface area contributed by atoms with Gasteiger partial charge in [0, 0.05) is 41.2 Å². The highest BCUT2D eigenvalue weighted by molar-refractivity contribution is 6.11. The van der Waals surface area contributed by atoms with E-state index in [9.17, 15) is 0 Å². The quantitative estimate of drug-likeness (QED) is 0.416. The van der Waals surface area contributed by atoms with Crippen molar-refractivity contribution < 1.29 is 4.58 Å². The Morgan fingerprint density at radius 2 is 1.54 bits per heavy atom. The molecule has 1 aliphatic heterocycles. The predicted molar refractivity (Wildman–Crippen MR) is 116 cm³/mol. The second-order valence-corrected chi connectivity index (χ2v) is 7.90. The number of hydrogen-bond donors (Lipinski definition) is 0. The molecule has 2 aromatic heterocycles. The van der Waals surface area contributed by atoms with Crippen LogP contribution >= 0.6 is 0 Å². The van der Waals surface area contributed by atoms with Crippen LogP contribution in [-0.4, -0.2) is 26.2 Å². The fraction of sp³-hybridized carbons (Fsp3) is 0.250. The van der Waals surface area contributed by atoms with E-state index in [4.69, 9.17) is 4.98 Å². The lowest BCUT2D eigenvalue weighted by molar-refractivity contribution is -0.466. The zero-order valence-electron chi connectivity index (χ0n) is 16.7. The van der Waals surface area contributed by atoms with E-state index in [0.717, 1.165) is 17.0 Å². The van der Waals surface area contributed by atoms with Crippen LogP contribution in [0.3, 0.4) is 0 Å². The van der Waals surface area contributed by atoms with Crippen LogP contribution in [0.4, 0.5) is 17.1 Å². The minimum Gasteiger partial charge on any atom is -0.317 e. The summed E-state index contributed by atoms with van der Waals surface area (Å²) in [6, 6.07) is 23.5. The first-order valence-corrected chi connectivity index (χ1v) is 9.90. The first-order chi connectivity index (χ1) is 13.6. The number of hydrogen-bond acceptors (Lipinski definition) is 1. The van der Waals surface area contributed by atoms with Crippen LogP contribution in [0, 0.1) is 0 Å². The minimum atomic E-state index is 0.301. The van der Waals surface area contributed by atoms with Crippen molar-refractivity contribution in [1.29, 1.82) is 0 Å². The Morgan fingerprint density at radius 1 is 0.821 bits per heavy atom. The first-order valence-electron chi connectivity index (χ1n) is 9.90. The van der Waals surface area contributed by atoms with Gasteiger partial charge in [0.05, 0.1) is 0 Å². The largest absolute Gasteiger partial charge is 0.496 e. The Labute approximate surface area is 164 Å². The molecule has 3 heterocycles. The third kappa shape index (κ3) is 2.28. The number of nitrogens with zero attached hydrogens (tertiary/aromatic N) is 4.